The highest BCUT2D eigenvalue weighted by atomic mass is 19.3. The van der Waals surface area contributed by atoms with E-state index in [1.807, 2.05) is 4.90 Å². The second-order valence-electron chi connectivity index (χ2n) is 5.75. The monoisotopic (exact) mass is 341 g/mol. The summed E-state index contributed by atoms with van der Waals surface area (Å²) in [6.07, 6.45) is 1.22. The Bertz CT molecular complexity index is 590. The number of primary amides is 1. The molecule has 0 spiro atoms. The third-order valence-electron chi connectivity index (χ3n) is 4.22. The fourth-order valence-electron chi connectivity index (χ4n) is 2.74. The van der Waals surface area contributed by atoms with Gasteiger partial charge >= 0.3 is 6.61 Å². The van der Waals surface area contributed by atoms with Crippen molar-refractivity contribution in [1.82, 2.24) is 4.90 Å². The standard InChI is InChI=1S/C16H21F2N3O3/c1-10(21-8-6-11(7-9-21)14(19)22)15(23)20-12-4-2-3-5-13(12)24-16(17)18/h2-5,10-11,16H,6-9H2,1H3,(H2,19,22)(H,20,23)/t10-/m1/s1. The van der Waals surface area contributed by atoms with Crippen LogP contribution < -0.4 is 15.8 Å². The van der Waals surface area contributed by atoms with E-state index in [-0.39, 0.29) is 29.2 Å². The van der Waals surface area contributed by atoms with Gasteiger partial charge in [0.2, 0.25) is 11.8 Å². The van der Waals surface area contributed by atoms with Gasteiger partial charge in [0.25, 0.3) is 0 Å². The maximum atomic E-state index is 12.4. The van der Waals surface area contributed by atoms with Gasteiger partial charge in [-0.3, -0.25) is 14.5 Å². The van der Waals surface area contributed by atoms with E-state index in [1.54, 1.807) is 19.1 Å². The van der Waals surface area contributed by atoms with Crippen LogP contribution in [0.5, 0.6) is 5.75 Å². The smallest absolute Gasteiger partial charge is 0.387 e. The number of nitrogens with two attached hydrogens (primary N) is 1. The van der Waals surface area contributed by atoms with Crippen molar-refractivity contribution in [2.45, 2.75) is 32.4 Å². The van der Waals surface area contributed by atoms with Gasteiger partial charge in [0.1, 0.15) is 5.75 Å². The molecular formula is C16H21F2N3O3. The zero-order valence-corrected chi connectivity index (χ0v) is 13.4. The lowest BCUT2D eigenvalue weighted by molar-refractivity contribution is -0.124. The van der Waals surface area contributed by atoms with E-state index in [2.05, 4.69) is 10.1 Å². The summed E-state index contributed by atoms with van der Waals surface area (Å²) in [6.45, 7) is -0.0704. The van der Waals surface area contributed by atoms with Crippen LogP contribution in [0, 0.1) is 5.92 Å². The Balaban J connectivity index is 1.96. The first-order chi connectivity index (χ1) is 11.4. The Morgan fingerprint density at radius 3 is 2.50 bits per heavy atom. The quantitative estimate of drug-likeness (QED) is 0.826. The predicted molar refractivity (Wildman–Crippen MR) is 84.7 cm³/mol. The number of amides is 2. The van der Waals surface area contributed by atoms with Crippen molar-refractivity contribution in [3.05, 3.63) is 24.3 Å². The van der Waals surface area contributed by atoms with Crippen LogP contribution in [0.1, 0.15) is 19.8 Å². The molecule has 2 amide bonds. The van der Waals surface area contributed by atoms with Gasteiger partial charge in [-0.15, -0.1) is 0 Å². The molecule has 8 heteroatoms. The molecule has 1 aliphatic rings. The number of carbonyl (C=O) groups excluding carboxylic acids is 2. The van der Waals surface area contributed by atoms with Crippen LogP contribution in [-0.4, -0.2) is 42.5 Å². The number of ether oxygens (including phenoxy) is 1. The van der Waals surface area contributed by atoms with Crippen LogP contribution in [0.25, 0.3) is 0 Å². The van der Waals surface area contributed by atoms with Crippen LogP contribution in [0.3, 0.4) is 0 Å². The van der Waals surface area contributed by atoms with Crippen molar-refractivity contribution in [3.8, 4) is 5.75 Å². The number of piperidine rings is 1. The minimum absolute atomic E-state index is 0.0829. The van der Waals surface area contributed by atoms with Crippen molar-refractivity contribution in [3.63, 3.8) is 0 Å². The van der Waals surface area contributed by atoms with E-state index in [4.69, 9.17) is 5.73 Å². The molecule has 3 N–H and O–H groups in total. The van der Waals surface area contributed by atoms with Crippen LogP contribution in [0.15, 0.2) is 24.3 Å². The van der Waals surface area contributed by atoms with E-state index in [0.29, 0.717) is 25.9 Å². The second-order valence-corrected chi connectivity index (χ2v) is 5.75. The van der Waals surface area contributed by atoms with Crippen LogP contribution in [0.4, 0.5) is 14.5 Å². The lowest BCUT2D eigenvalue weighted by atomic mass is 9.95. The summed E-state index contributed by atoms with van der Waals surface area (Å²) in [7, 11) is 0. The number of para-hydroxylation sites is 2. The van der Waals surface area contributed by atoms with E-state index < -0.39 is 12.7 Å². The van der Waals surface area contributed by atoms with E-state index in [1.165, 1.54) is 12.1 Å². The molecule has 1 aromatic carbocycles. The average molecular weight is 341 g/mol. The first-order valence-electron chi connectivity index (χ1n) is 7.76. The van der Waals surface area contributed by atoms with Crippen molar-refractivity contribution < 1.29 is 23.1 Å². The topological polar surface area (TPSA) is 84.7 Å². The molecule has 6 nitrogen and oxygen atoms in total. The van der Waals surface area contributed by atoms with Crippen molar-refractivity contribution in [2.75, 3.05) is 18.4 Å². The normalized spacial score (nSPS) is 17.5. The first-order valence-corrected chi connectivity index (χ1v) is 7.76. The average Bonchev–Trinajstić information content (AvgIpc) is 2.55. The highest BCUT2D eigenvalue weighted by molar-refractivity contribution is 5.95. The van der Waals surface area contributed by atoms with Crippen LogP contribution >= 0.6 is 0 Å². The number of halogens is 2. The molecule has 0 radical (unpaired) electrons. The van der Waals surface area contributed by atoms with Crippen LogP contribution in [-0.2, 0) is 9.59 Å². The number of hydrogen-bond acceptors (Lipinski definition) is 4. The third kappa shape index (κ3) is 4.64. The summed E-state index contributed by atoms with van der Waals surface area (Å²) < 4.78 is 29.2. The Hall–Kier alpha value is -2.22. The van der Waals surface area contributed by atoms with Gasteiger partial charge in [-0.2, -0.15) is 8.78 Å². The van der Waals surface area contributed by atoms with Gasteiger partial charge < -0.3 is 15.8 Å². The largest absolute Gasteiger partial charge is 0.433 e. The van der Waals surface area contributed by atoms with Crippen LogP contribution in [0.2, 0.25) is 0 Å². The summed E-state index contributed by atoms with van der Waals surface area (Å²) >= 11 is 0. The Labute approximate surface area is 138 Å². The summed E-state index contributed by atoms with van der Waals surface area (Å²) in [5, 5.41) is 2.62. The number of hydrogen-bond donors (Lipinski definition) is 2. The lowest BCUT2D eigenvalue weighted by Gasteiger charge is -2.34. The lowest BCUT2D eigenvalue weighted by Crippen LogP contribution is -2.47. The second kappa shape index (κ2) is 8.05. The predicted octanol–water partition coefficient (Wildman–Crippen LogP) is 1.81. The summed E-state index contributed by atoms with van der Waals surface area (Å²) in [4.78, 5) is 25.5. The molecule has 1 aromatic rings. The molecular weight excluding hydrogens is 320 g/mol. The first kappa shape index (κ1) is 18.1. The van der Waals surface area contributed by atoms with Gasteiger partial charge in [-0.1, -0.05) is 12.1 Å². The number of benzene rings is 1. The molecule has 1 atom stereocenters. The molecule has 1 aliphatic heterocycles. The molecule has 132 valence electrons. The summed E-state index contributed by atoms with van der Waals surface area (Å²) in [5.74, 6) is -0.875. The maximum absolute atomic E-state index is 12.4. The summed E-state index contributed by atoms with van der Waals surface area (Å²) in [6, 6.07) is 5.58. The van der Waals surface area contributed by atoms with Gasteiger partial charge in [-0.25, -0.2) is 0 Å². The Morgan fingerprint density at radius 2 is 1.92 bits per heavy atom. The number of alkyl halides is 2. The molecule has 0 unspecified atom stereocenters. The van der Waals surface area contributed by atoms with Gasteiger partial charge in [0.05, 0.1) is 11.7 Å². The van der Waals surface area contributed by atoms with Gasteiger partial charge in [0.15, 0.2) is 0 Å². The maximum Gasteiger partial charge on any atom is 0.387 e. The number of anilines is 1. The van der Waals surface area contributed by atoms with E-state index >= 15 is 0 Å². The highest BCUT2D eigenvalue weighted by Crippen LogP contribution is 2.26. The fraction of sp³-hybridized carbons (Fsp3) is 0.500. The molecule has 0 bridgehead atoms. The number of nitrogens with one attached hydrogen (secondary N) is 1. The Morgan fingerprint density at radius 1 is 1.29 bits per heavy atom. The van der Waals surface area contributed by atoms with E-state index in [9.17, 15) is 18.4 Å². The third-order valence-corrected chi connectivity index (χ3v) is 4.22. The van der Waals surface area contributed by atoms with E-state index in [0.717, 1.165) is 0 Å². The minimum Gasteiger partial charge on any atom is -0.433 e. The zero-order chi connectivity index (χ0) is 17.7. The number of rotatable bonds is 6. The number of nitrogens with zero attached hydrogens (tertiary/aromatic N) is 1. The molecule has 1 fully saturated rings. The molecule has 0 aliphatic carbocycles. The van der Waals surface area contributed by atoms with Gasteiger partial charge in [-0.05, 0) is 45.0 Å². The highest BCUT2D eigenvalue weighted by Gasteiger charge is 2.29. The van der Waals surface area contributed by atoms with Crippen molar-refractivity contribution in [2.24, 2.45) is 11.7 Å². The van der Waals surface area contributed by atoms with Gasteiger partial charge in [0, 0.05) is 5.92 Å². The van der Waals surface area contributed by atoms with Crippen molar-refractivity contribution in [1.29, 1.82) is 0 Å². The molecule has 0 aromatic heterocycles. The fourth-order valence-corrected chi connectivity index (χ4v) is 2.74. The minimum atomic E-state index is -2.96. The molecule has 2 rings (SSSR count). The zero-order valence-electron chi connectivity index (χ0n) is 13.4. The molecule has 0 saturated carbocycles. The Kier molecular flexibility index (Phi) is 6.08. The number of likely N-dealkylation sites (tertiary alicyclic amines) is 1. The molecule has 1 heterocycles. The molecule has 24 heavy (non-hydrogen) atoms. The summed E-state index contributed by atoms with van der Waals surface area (Å²) in [5.41, 5.74) is 5.49. The van der Waals surface area contributed by atoms with Crippen molar-refractivity contribution >= 4 is 17.5 Å². The SMILES string of the molecule is C[C@H](C(=O)Nc1ccccc1OC(F)F)N1CCC(C(N)=O)CC1. The molecule has 1 saturated heterocycles. The number of carbonyl (C=O) groups is 2.